The van der Waals surface area contributed by atoms with Crippen LogP contribution >= 0.6 is 11.8 Å². The highest BCUT2D eigenvalue weighted by Crippen LogP contribution is 2.19. The van der Waals surface area contributed by atoms with Crippen LogP contribution in [0.3, 0.4) is 0 Å². The van der Waals surface area contributed by atoms with Crippen molar-refractivity contribution < 1.29 is 4.79 Å². The van der Waals surface area contributed by atoms with Crippen molar-refractivity contribution in [1.82, 2.24) is 9.78 Å². The van der Waals surface area contributed by atoms with Crippen LogP contribution in [0, 0.1) is 13.8 Å². The fraction of sp³-hybridized carbons (Fsp3) is 0.333. The molecule has 1 heterocycles. The largest absolute Gasteiger partial charge is 0.310 e. The van der Waals surface area contributed by atoms with Crippen LogP contribution in [-0.2, 0) is 11.3 Å². The molecule has 0 unspecified atom stereocenters. The average Bonchev–Trinajstić information content (AvgIpc) is 2.78. The Hall–Kier alpha value is -1.75. The molecule has 1 aromatic carbocycles. The molecule has 2 aromatic rings. The van der Waals surface area contributed by atoms with Gasteiger partial charge in [-0.05, 0) is 32.9 Å². The molecule has 0 fully saturated rings. The quantitative estimate of drug-likeness (QED) is 0.859. The van der Waals surface area contributed by atoms with Crippen LogP contribution < -0.4 is 5.32 Å². The number of benzene rings is 1. The monoisotopic (exact) mass is 289 g/mol. The molecule has 0 bridgehead atoms. The van der Waals surface area contributed by atoms with Gasteiger partial charge in [0.05, 0.1) is 11.4 Å². The first kappa shape index (κ1) is 14.7. The summed E-state index contributed by atoms with van der Waals surface area (Å²) in [5, 5.41) is 7.21. The Morgan fingerprint density at radius 1 is 1.30 bits per heavy atom. The van der Waals surface area contributed by atoms with Crippen molar-refractivity contribution in [1.29, 1.82) is 0 Å². The Morgan fingerprint density at radius 2 is 2.00 bits per heavy atom. The van der Waals surface area contributed by atoms with E-state index in [1.807, 2.05) is 32.0 Å². The number of carbonyl (C=O) groups excluding carboxylic acids is 1. The number of aryl methyl sites for hydroxylation is 3. The number of amides is 1. The highest BCUT2D eigenvalue weighted by Gasteiger charge is 2.08. The normalized spacial score (nSPS) is 10.6. The topological polar surface area (TPSA) is 46.9 Å². The number of nitrogens with one attached hydrogen (secondary N) is 1. The van der Waals surface area contributed by atoms with Gasteiger partial charge in [0.15, 0.2) is 0 Å². The molecular weight excluding hydrogens is 270 g/mol. The summed E-state index contributed by atoms with van der Waals surface area (Å²) in [7, 11) is 0. The molecular formula is C15H19N3OS. The van der Waals surface area contributed by atoms with Crippen LogP contribution in [0.25, 0.3) is 0 Å². The van der Waals surface area contributed by atoms with Gasteiger partial charge in [0, 0.05) is 17.5 Å². The van der Waals surface area contributed by atoms with E-state index in [9.17, 15) is 4.79 Å². The van der Waals surface area contributed by atoms with Gasteiger partial charge in [-0.2, -0.15) is 5.10 Å². The third-order valence-electron chi connectivity index (χ3n) is 2.86. The molecule has 1 N–H and O–H groups in total. The molecule has 0 aliphatic heterocycles. The summed E-state index contributed by atoms with van der Waals surface area (Å²) in [5.41, 5.74) is 2.13. The molecule has 4 nitrogen and oxygen atoms in total. The Morgan fingerprint density at radius 3 is 2.65 bits per heavy atom. The maximum absolute atomic E-state index is 12.0. The van der Waals surface area contributed by atoms with Crippen molar-refractivity contribution >= 4 is 23.5 Å². The molecule has 1 aromatic heterocycles. The number of anilines is 1. The van der Waals surface area contributed by atoms with Crippen LogP contribution in [-0.4, -0.2) is 21.4 Å². The second-order valence-electron chi connectivity index (χ2n) is 4.64. The van der Waals surface area contributed by atoms with Gasteiger partial charge in [0.2, 0.25) is 5.91 Å². The van der Waals surface area contributed by atoms with Crippen LogP contribution in [0.1, 0.15) is 18.2 Å². The lowest BCUT2D eigenvalue weighted by atomic mass is 10.2. The zero-order chi connectivity index (χ0) is 14.5. The molecule has 0 radical (unpaired) electrons. The number of hydrogen-bond donors (Lipinski definition) is 1. The van der Waals surface area contributed by atoms with Gasteiger partial charge in [0.25, 0.3) is 0 Å². The maximum atomic E-state index is 12.0. The number of carbonyl (C=O) groups is 1. The van der Waals surface area contributed by atoms with Gasteiger partial charge in [0.1, 0.15) is 5.82 Å². The lowest BCUT2D eigenvalue weighted by molar-refractivity contribution is -0.113. The molecule has 0 aliphatic carbocycles. The fourth-order valence-corrected chi connectivity index (χ4v) is 2.55. The smallest absolute Gasteiger partial charge is 0.235 e. The molecule has 20 heavy (non-hydrogen) atoms. The minimum absolute atomic E-state index is 0.00910. The maximum Gasteiger partial charge on any atom is 0.235 e. The number of thioether (sulfide) groups is 1. The Kier molecular flexibility index (Phi) is 4.84. The van der Waals surface area contributed by atoms with Crippen molar-refractivity contribution in [2.75, 3.05) is 11.1 Å². The lowest BCUT2D eigenvalue weighted by Gasteiger charge is -2.07. The molecule has 0 saturated carbocycles. The van der Waals surface area contributed by atoms with Crippen molar-refractivity contribution in [3.05, 3.63) is 41.6 Å². The summed E-state index contributed by atoms with van der Waals surface area (Å²) in [6.07, 6.45) is 0. The van der Waals surface area contributed by atoms with E-state index in [1.165, 1.54) is 17.3 Å². The first-order chi connectivity index (χ1) is 9.58. The van der Waals surface area contributed by atoms with Gasteiger partial charge < -0.3 is 5.32 Å². The predicted molar refractivity (Wildman–Crippen MR) is 83.2 cm³/mol. The van der Waals surface area contributed by atoms with E-state index in [0.717, 1.165) is 23.0 Å². The third kappa shape index (κ3) is 3.87. The van der Waals surface area contributed by atoms with E-state index >= 15 is 0 Å². The summed E-state index contributed by atoms with van der Waals surface area (Å²) in [6.45, 7) is 6.72. The molecule has 5 heteroatoms. The number of aromatic nitrogens is 2. The summed E-state index contributed by atoms with van der Waals surface area (Å²) in [4.78, 5) is 13.1. The van der Waals surface area contributed by atoms with Crippen LogP contribution in [0.5, 0.6) is 0 Å². The highest BCUT2D eigenvalue weighted by molar-refractivity contribution is 8.00. The molecule has 2 rings (SSSR count). The van der Waals surface area contributed by atoms with Crippen LogP contribution in [0.2, 0.25) is 0 Å². The molecule has 0 saturated heterocycles. The first-order valence-corrected chi connectivity index (χ1v) is 7.61. The zero-order valence-corrected chi connectivity index (χ0v) is 12.8. The fourth-order valence-electron chi connectivity index (χ4n) is 1.85. The van der Waals surface area contributed by atoms with Crippen LogP contribution in [0.4, 0.5) is 5.82 Å². The van der Waals surface area contributed by atoms with E-state index < -0.39 is 0 Å². The minimum Gasteiger partial charge on any atom is -0.310 e. The summed E-state index contributed by atoms with van der Waals surface area (Å²) < 4.78 is 1.80. The highest BCUT2D eigenvalue weighted by atomic mass is 32.2. The second kappa shape index (κ2) is 6.61. The minimum atomic E-state index is -0.00910. The standard InChI is InChI=1S/C15H19N3OS/c1-4-18-14(9-12(3)17-18)16-15(19)10-20-13-7-5-11(2)6-8-13/h5-9H,4,10H2,1-3H3,(H,16,19). The van der Waals surface area contributed by atoms with Gasteiger partial charge in [-0.25, -0.2) is 4.68 Å². The van der Waals surface area contributed by atoms with Gasteiger partial charge in [-0.3, -0.25) is 4.79 Å². The molecule has 0 spiro atoms. The average molecular weight is 289 g/mol. The number of nitrogens with zero attached hydrogens (tertiary/aromatic N) is 2. The van der Waals surface area contributed by atoms with E-state index in [1.54, 1.807) is 4.68 Å². The van der Waals surface area contributed by atoms with Crippen molar-refractivity contribution in [2.45, 2.75) is 32.2 Å². The molecule has 0 aliphatic rings. The molecule has 1 amide bonds. The number of hydrogen-bond acceptors (Lipinski definition) is 3. The van der Waals surface area contributed by atoms with E-state index in [-0.39, 0.29) is 5.91 Å². The van der Waals surface area contributed by atoms with E-state index in [2.05, 4.69) is 29.5 Å². The van der Waals surface area contributed by atoms with Crippen LogP contribution in [0.15, 0.2) is 35.2 Å². The Bertz CT molecular complexity index is 590. The van der Waals surface area contributed by atoms with Crippen molar-refractivity contribution in [3.8, 4) is 0 Å². The van der Waals surface area contributed by atoms with Crippen molar-refractivity contribution in [2.24, 2.45) is 0 Å². The van der Waals surface area contributed by atoms with Gasteiger partial charge in [-0.1, -0.05) is 17.7 Å². The zero-order valence-electron chi connectivity index (χ0n) is 12.0. The summed E-state index contributed by atoms with van der Waals surface area (Å²) in [6, 6.07) is 10.1. The number of rotatable bonds is 5. The predicted octanol–water partition coefficient (Wildman–Crippen LogP) is 3.25. The first-order valence-electron chi connectivity index (χ1n) is 6.62. The van der Waals surface area contributed by atoms with E-state index in [4.69, 9.17) is 0 Å². The summed E-state index contributed by atoms with van der Waals surface area (Å²) in [5.74, 6) is 1.15. The van der Waals surface area contributed by atoms with Gasteiger partial charge >= 0.3 is 0 Å². The second-order valence-corrected chi connectivity index (χ2v) is 5.69. The van der Waals surface area contributed by atoms with Gasteiger partial charge in [-0.15, -0.1) is 11.8 Å². The lowest BCUT2D eigenvalue weighted by Crippen LogP contribution is -2.17. The summed E-state index contributed by atoms with van der Waals surface area (Å²) >= 11 is 1.54. The molecule has 106 valence electrons. The Labute approximate surface area is 123 Å². The Balaban J connectivity index is 1.90. The van der Waals surface area contributed by atoms with Crippen molar-refractivity contribution in [3.63, 3.8) is 0 Å². The molecule has 0 atom stereocenters. The van der Waals surface area contributed by atoms with E-state index in [0.29, 0.717) is 5.75 Å². The SMILES string of the molecule is CCn1nc(C)cc1NC(=O)CSc1ccc(C)cc1. The third-order valence-corrected chi connectivity index (χ3v) is 3.87.